The molecule has 0 aliphatic carbocycles. The molecule has 0 fully saturated rings. The van der Waals surface area contributed by atoms with Crippen molar-refractivity contribution in [1.82, 2.24) is 4.98 Å². The Bertz CT molecular complexity index is 749. The number of aryl methyl sites for hydroxylation is 1. The van der Waals surface area contributed by atoms with Crippen LogP contribution in [0.1, 0.15) is 11.9 Å². The normalized spacial score (nSPS) is 11.1. The van der Waals surface area contributed by atoms with Crippen molar-refractivity contribution in [1.29, 1.82) is 0 Å². The number of benzene rings is 2. The molecular formula is C15H11F2NS. The van der Waals surface area contributed by atoms with Crippen LogP contribution in [0, 0.1) is 11.6 Å². The second kappa shape index (κ2) is 4.70. The summed E-state index contributed by atoms with van der Waals surface area (Å²) in [6.45, 7) is 2.06. The number of fused-ring (bicyclic) bond motifs is 1. The van der Waals surface area contributed by atoms with Crippen LogP contribution in [-0.2, 0) is 6.42 Å². The lowest BCUT2D eigenvalue weighted by Crippen LogP contribution is -1.85. The Morgan fingerprint density at radius 2 is 1.74 bits per heavy atom. The molecule has 3 aromatic rings. The first-order valence-electron chi connectivity index (χ1n) is 6.02. The van der Waals surface area contributed by atoms with Crippen molar-refractivity contribution in [3.8, 4) is 11.1 Å². The third-order valence-electron chi connectivity index (χ3n) is 2.99. The Morgan fingerprint density at radius 1 is 1.00 bits per heavy atom. The van der Waals surface area contributed by atoms with E-state index in [4.69, 9.17) is 0 Å². The second-order valence-corrected chi connectivity index (χ2v) is 5.39. The highest BCUT2D eigenvalue weighted by molar-refractivity contribution is 7.18. The quantitative estimate of drug-likeness (QED) is 0.654. The maximum Gasteiger partial charge on any atom is 0.159 e. The van der Waals surface area contributed by atoms with Gasteiger partial charge in [-0.25, -0.2) is 13.8 Å². The maximum absolute atomic E-state index is 13.3. The molecule has 0 bridgehead atoms. The van der Waals surface area contributed by atoms with Crippen molar-refractivity contribution in [3.05, 3.63) is 53.0 Å². The highest BCUT2D eigenvalue weighted by Gasteiger charge is 2.07. The molecule has 3 rings (SSSR count). The Kier molecular flexibility index (Phi) is 3.03. The number of hydrogen-bond acceptors (Lipinski definition) is 2. The second-order valence-electron chi connectivity index (χ2n) is 4.27. The lowest BCUT2D eigenvalue weighted by atomic mass is 10.1. The first-order chi connectivity index (χ1) is 9.17. The van der Waals surface area contributed by atoms with Gasteiger partial charge in [-0.05, 0) is 41.8 Å². The largest absolute Gasteiger partial charge is 0.241 e. The van der Waals surface area contributed by atoms with E-state index in [1.54, 1.807) is 17.4 Å². The predicted molar refractivity (Wildman–Crippen MR) is 74.4 cm³/mol. The van der Waals surface area contributed by atoms with Gasteiger partial charge in [0.05, 0.1) is 15.2 Å². The number of thiazole rings is 1. The van der Waals surface area contributed by atoms with Crippen LogP contribution in [0.2, 0.25) is 0 Å². The molecule has 96 valence electrons. The van der Waals surface area contributed by atoms with Crippen LogP contribution in [-0.4, -0.2) is 4.98 Å². The average Bonchev–Trinajstić information content (AvgIpc) is 2.83. The maximum atomic E-state index is 13.3. The molecule has 0 N–H and O–H groups in total. The Balaban J connectivity index is 2.11. The summed E-state index contributed by atoms with van der Waals surface area (Å²) in [7, 11) is 0. The molecule has 0 saturated carbocycles. The molecule has 0 unspecified atom stereocenters. The first kappa shape index (κ1) is 12.2. The highest BCUT2D eigenvalue weighted by atomic mass is 32.1. The van der Waals surface area contributed by atoms with E-state index < -0.39 is 11.6 Å². The average molecular weight is 275 g/mol. The van der Waals surface area contributed by atoms with Gasteiger partial charge in [-0.1, -0.05) is 19.1 Å². The fourth-order valence-corrected chi connectivity index (χ4v) is 2.93. The summed E-state index contributed by atoms with van der Waals surface area (Å²) in [6, 6.07) is 9.73. The van der Waals surface area contributed by atoms with Crippen molar-refractivity contribution >= 4 is 21.6 Å². The van der Waals surface area contributed by atoms with E-state index >= 15 is 0 Å². The molecule has 1 aromatic heterocycles. The Labute approximate surface area is 113 Å². The lowest BCUT2D eigenvalue weighted by Gasteiger charge is -2.02. The molecule has 0 amide bonds. The third kappa shape index (κ3) is 2.24. The van der Waals surface area contributed by atoms with E-state index in [1.165, 1.54) is 6.07 Å². The van der Waals surface area contributed by atoms with Crippen LogP contribution >= 0.6 is 11.3 Å². The smallest absolute Gasteiger partial charge is 0.159 e. The zero-order valence-corrected chi connectivity index (χ0v) is 11.1. The lowest BCUT2D eigenvalue weighted by molar-refractivity contribution is 0.509. The van der Waals surface area contributed by atoms with Crippen LogP contribution in [0.15, 0.2) is 36.4 Å². The Hall–Kier alpha value is -1.81. The van der Waals surface area contributed by atoms with Crippen LogP contribution in [0.4, 0.5) is 8.78 Å². The predicted octanol–water partition coefficient (Wildman–Crippen LogP) is 4.80. The van der Waals surface area contributed by atoms with Crippen molar-refractivity contribution < 1.29 is 8.78 Å². The van der Waals surface area contributed by atoms with Gasteiger partial charge in [0.2, 0.25) is 0 Å². The molecule has 0 spiro atoms. The van der Waals surface area contributed by atoms with Crippen molar-refractivity contribution in [2.45, 2.75) is 13.3 Å². The molecule has 0 atom stereocenters. The van der Waals surface area contributed by atoms with Gasteiger partial charge in [-0.2, -0.15) is 0 Å². The number of aromatic nitrogens is 1. The molecule has 0 aliphatic rings. The first-order valence-corrected chi connectivity index (χ1v) is 6.84. The van der Waals surface area contributed by atoms with Crippen molar-refractivity contribution in [2.75, 3.05) is 0 Å². The van der Waals surface area contributed by atoms with Gasteiger partial charge in [0, 0.05) is 0 Å². The van der Waals surface area contributed by atoms with Gasteiger partial charge in [0.1, 0.15) is 0 Å². The fraction of sp³-hybridized carbons (Fsp3) is 0.133. The van der Waals surface area contributed by atoms with Crippen LogP contribution < -0.4 is 0 Å². The van der Waals surface area contributed by atoms with Gasteiger partial charge in [-0.3, -0.25) is 0 Å². The van der Waals surface area contributed by atoms with Gasteiger partial charge >= 0.3 is 0 Å². The van der Waals surface area contributed by atoms with Gasteiger partial charge in [-0.15, -0.1) is 11.3 Å². The van der Waals surface area contributed by atoms with E-state index in [2.05, 4.69) is 11.9 Å². The molecule has 1 heterocycles. The molecular weight excluding hydrogens is 264 g/mol. The summed E-state index contributed by atoms with van der Waals surface area (Å²) >= 11 is 1.63. The number of rotatable bonds is 2. The molecule has 0 saturated heterocycles. The number of hydrogen-bond donors (Lipinski definition) is 0. The van der Waals surface area contributed by atoms with Gasteiger partial charge < -0.3 is 0 Å². The summed E-state index contributed by atoms with van der Waals surface area (Å²) < 4.78 is 27.3. The van der Waals surface area contributed by atoms with Gasteiger partial charge in [0.15, 0.2) is 11.6 Å². The molecule has 1 nitrogen and oxygen atoms in total. The van der Waals surface area contributed by atoms with Gasteiger partial charge in [0.25, 0.3) is 0 Å². The summed E-state index contributed by atoms with van der Waals surface area (Å²) in [5.74, 6) is -1.65. The minimum absolute atomic E-state index is 0.673. The summed E-state index contributed by atoms with van der Waals surface area (Å²) in [5, 5.41) is 1.08. The van der Waals surface area contributed by atoms with E-state index in [0.29, 0.717) is 5.56 Å². The van der Waals surface area contributed by atoms with Crippen LogP contribution in [0.5, 0.6) is 0 Å². The van der Waals surface area contributed by atoms with E-state index in [9.17, 15) is 8.78 Å². The molecule has 0 radical (unpaired) electrons. The van der Waals surface area contributed by atoms with Crippen LogP contribution in [0.25, 0.3) is 21.3 Å². The molecule has 2 aromatic carbocycles. The Morgan fingerprint density at radius 3 is 2.47 bits per heavy atom. The van der Waals surface area contributed by atoms with Crippen LogP contribution in [0.3, 0.4) is 0 Å². The monoisotopic (exact) mass is 275 g/mol. The third-order valence-corrected chi connectivity index (χ3v) is 4.15. The van der Waals surface area contributed by atoms with E-state index in [1.807, 2.05) is 18.2 Å². The highest BCUT2D eigenvalue weighted by Crippen LogP contribution is 2.29. The van der Waals surface area contributed by atoms with E-state index in [0.717, 1.165) is 33.3 Å². The minimum Gasteiger partial charge on any atom is -0.241 e. The SMILES string of the molecule is CCc1nc2ccc(-c3ccc(F)c(F)c3)cc2s1. The fourth-order valence-electron chi connectivity index (χ4n) is 1.98. The summed E-state index contributed by atoms with van der Waals surface area (Å²) in [5.41, 5.74) is 2.50. The standard InChI is InChI=1S/C15H11F2NS/c1-2-15-18-13-6-4-10(8-14(13)19-15)9-3-5-11(16)12(17)7-9/h3-8H,2H2,1H3. The molecule has 19 heavy (non-hydrogen) atoms. The number of nitrogens with zero attached hydrogens (tertiary/aromatic N) is 1. The topological polar surface area (TPSA) is 12.9 Å². The van der Waals surface area contributed by atoms with E-state index in [-0.39, 0.29) is 0 Å². The molecule has 0 aliphatic heterocycles. The summed E-state index contributed by atoms with van der Waals surface area (Å²) in [6.07, 6.45) is 0.903. The zero-order chi connectivity index (χ0) is 13.4. The van der Waals surface area contributed by atoms with Crippen molar-refractivity contribution in [2.24, 2.45) is 0 Å². The minimum atomic E-state index is -0.823. The van der Waals surface area contributed by atoms with Crippen molar-refractivity contribution in [3.63, 3.8) is 0 Å². The zero-order valence-electron chi connectivity index (χ0n) is 10.3. The summed E-state index contributed by atoms with van der Waals surface area (Å²) in [4.78, 5) is 4.48. The number of halogens is 2. The molecule has 4 heteroatoms.